The van der Waals surface area contributed by atoms with E-state index in [9.17, 15) is 2.74 Å². The molecule has 7 aromatic carbocycles. The van der Waals surface area contributed by atoms with Crippen LogP contribution in [0.25, 0.3) is 56.4 Å². The molecule has 0 saturated carbocycles. The molecule has 1 aromatic heterocycles. The van der Waals surface area contributed by atoms with E-state index in [1.165, 1.54) is 0 Å². The minimum Gasteiger partial charge on any atom is -0.208 e. The van der Waals surface area contributed by atoms with E-state index in [1.54, 1.807) is 6.07 Å². The molecule has 3 heteroatoms. The lowest BCUT2D eigenvalue weighted by Gasteiger charge is -2.34. The van der Waals surface area contributed by atoms with Crippen molar-refractivity contribution in [1.82, 2.24) is 15.0 Å². The number of nitrogens with zero attached hydrogens (tertiary/aromatic N) is 3. The monoisotopic (exact) mass is 639 g/mol. The van der Waals surface area contributed by atoms with Crippen LogP contribution in [-0.4, -0.2) is 15.0 Å². The predicted molar refractivity (Wildman–Crippen MR) is 199 cm³/mol. The largest absolute Gasteiger partial charge is 0.208 e. The van der Waals surface area contributed by atoms with Crippen LogP contribution in [0.1, 0.15) is 41.4 Å². The molecule has 3 nitrogen and oxygen atoms in total. The summed E-state index contributed by atoms with van der Waals surface area (Å²) in [5.41, 5.74) is 3.35. The molecule has 0 fully saturated rings. The third-order valence-electron chi connectivity index (χ3n) is 8.67. The van der Waals surface area contributed by atoms with Crippen LogP contribution in [0.15, 0.2) is 188 Å². The molecule has 0 bridgehead atoms. The lowest BCUT2D eigenvalue weighted by atomic mass is 9.67. The Morgan fingerprint density at radius 1 is 0.367 bits per heavy atom. The summed E-state index contributed by atoms with van der Waals surface area (Å²) in [7, 11) is 0. The molecule has 8 aromatic rings. The van der Waals surface area contributed by atoms with E-state index in [4.69, 9.17) is 26.4 Å². The molecule has 0 N–H and O–H groups in total. The summed E-state index contributed by atoms with van der Waals surface area (Å²) in [5, 5.41) is 0. The molecule has 0 saturated heterocycles. The van der Waals surface area contributed by atoms with Gasteiger partial charge in [0.15, 0.2) is 17.5 Å². The van der Waals surface area contributed by atoms with Gasteiger partial charge in [-0.3, -0.25) is 0 Å². The fraction of sp³-hybridized carbons (Fsp3) is 0.0217. The highest BCUT2D eigenvalue weighted by molar-refractivity contribution is 5.88. The average Bonchev–Trinajstić information content (AvgIpc) is 3.60. The van der Waals surface area contributed by atoms with Gasteiger partial charge in [0.2, 0.25) is 0 Å². The molecule has 1 aliphatic rings. The predicted octanol–water partition coefficient (Wildman–Crippen LogP) is 10.9. The minimum absolute atomic E-state index is 0.0813. The number of rotatable bonds is 6. The Morgan fingerprint density at radius 3 is 1.43 bits per heavy atom. The molecule has 0 spiro atoms. The van der Waals surface area contributed by atoms with Crippen LogP contribution in [0.3, 0.4) is 0 Å². The maximum absolute atomic E-state index is 9.20. The van der Waals surface area contributed by atoms with Gasteiger partial charge in [0.05, 0.1) is 24.6 Å². The van der Waals surface area contributed by atoms with Gasteiger partial charge in [-0.15, -0.1) is 0 Å². The van der Waals surface area contributed by atoms with Gasteiger partial charge in [-0.25, -0.2) is 15.0 Å². The Bertz CT molecular complexity index is 3110. The molecule has 0 amide bonds. The van der Waals surface area contributed by atoms with Crippen LogP contribution in [0.5, 0.6) is 0 Å². The van der Waals surface area contributed by atoms with Crippen molar-refractivity contribution in [2.45, 2.75) is 5.41 Å². The van der Waals surface area contributed by atoms with Crippen LogP contribution in [0, 0.1) is 0 Å². The molecule has 0 unspecified atom stereocenters. The summed E-state index contributed by atoms with van der Waals surface area (Å²) in [6.07, 6.45) is 0. The first kappa shape index (κ1) is 17.6. The first-order chi connectivity index (χ1) is 30.1. The molecular weight excluding hydrogens is 595 g/mol. The van der Waals surface area contributed by atoms with E-state index < -0.39 is 124 Å². The second-order valence-electron chi connectivity index (χ2n) is 11.3. The van der Waals surface area contributed by atoms with Crippen molar-refractivity contribution in [3.8, 4) is 56.4 Å². The van der Waals surface area contributed by atoms with Crippen molar-refractivity contribution < 1.29 is 19.2 Å². The average molecular weight is 640 g/mol. The Hall–Kier alpha value is -6.45. The summed E-state index contributed by atoms with van der Waals surface area (Å²) in [6.45, 7) is 0. The summed E-state index contributed by atoms with van der Waals surface area (Å²) in [5.74, 6) is -0.922. The SMILES string of the molecule is [2H]c1c([2H])c([2H])c(-c2nc(-c3ccc4c(c3)C(c3ccccc3)(c3ccccc3)c3ccccc3-4)nc(-c3c([2H])c([2H])c(-c4c([2H])c([2H])c([2H])c([2H])c4[2H])c([2H])c3[2H])n2)c([2H])c1[2H]. The highest BCUT2D eigenvalue weighted by Crippen LogP contribution is 2.56. The van der Waals surface area contributed by atoms with Gasteiger partial charge in [-0.2, -0.15) is 0 Å². The highest BCUT2D eigenvalue weighted by Gasteiger charge is 2.46. The molecule has 0 aliphatic heterocycles. The molecule has 1 heterocycles. The van der Waals surface area contributed by atoms with Crippen LogP contribution in [-0.2, 0) is 5.41 Å². The van der Waals surface area contributed by atoms with Crippen molar-refractivity contribution in [1.29, 1.82) is 0 Å². The summed E-state index contributed by atoms with van der Waals surface area (Å²) in [4.78, 5) is 13.9. The Balaban J connectivity index is 1.35. The van der Waals surface area contributed by atoms with Gasteiger partial charge in [0.25, 0.3) is 0 Å². The third kappa shape index (κ3) is 4.87. The number of hydrogen-bond donors (Lipinski definition) is 0. The lowest BCUT2D eigenvalue weighted by Crippen LogP contribution is -2.28. The zero-order valence-corrected chi connectivity index (χ0v) is 25.7. The first-order valence-corrected chi connectivity index (χ1v) is 15.5. The minimum atomic E-state index is -0.849. The molecule has 0 atom stereocenters. The Kier molecular flexibility index (Phi) is 4.31. The van der Waals surface area contributed by atoms with Crippen molar-refractivity contribution in [2.75, 3.05) is 0 Å². The third-order valence-corrected chi connectivity index (χ3v) is 8.67. The second kappa shape index (κ2) is 12.0. The standard InChI is InChI=1S/C46H31N3/c1-5-15-32(16-6-1)33-25-27-35(28-26-33)44-47-43(34-17-7-2-8-18-34)48-45(49-44)36-29-30-40-39-23-13-14-24-41(39)46(42(40)31-36,37-19-9-3-10-20-37)38-21-11-4-12-22-38/h1-31H/i1D,2D,5D,6D,7D,8D,15D,16D,17D,18D,25D,26D,27D,28D. The van der Waals surface area contributed by atoms with Gasteiger partial charge in [-0.05, 0) is 50.6 Å². The number of aromatic nitrogens is 3. The van der Waals surface area contributed by atoms with Crippen molar-refractivity contribution >= 4 is 0 Å². The highest BCUT2D eigenvalue weighted by atomic mass is 15.0. The fourth-order valence-corrected chi connectivity index (χ4v) is 6.60. The van der Waals surface area contributed by atoms with Gasteiger partial charge < -0.3 is 0 Å². The zero-order valence-electron chi connectivity index (χ0n) is 39.7. The van der Waals surface area contributed by atoms with Gasteiger partial charge in [0, 0.05) is 16.7 Å². The van der Waals surface area contributed by atoms with Crippen LogP contribution >= 0.6 is 0 Å². The number of benzene rings is 7. The summed E-state index contributed by atoms with van der Waals surface area (Å²) >= 11 is 0. The van der Waals surface area contributed by atoms with Crippen LogP contribution in [0.2, 0.25) is 0 Å². The molecule has 49 heavy (non-hydrogen) atoms. The maximum atomic E-state index is 9.20. The lowest BCUT2D eigenvalue weighted by molar-refractivity contribution is 0.768. The van der Waals surface area contributed by atoms with E-state index in [-0.39, 0.29) is 5.82 Å². The maximum Gasteiger partial charge on any atom is 0.164 e. The van der Waals surface area contributed by atoms with Gasteiger partial charge >= 0.3 is 0 Å². The van der Waals surface area contributed by atoms with Gasteiger partial charge in [0.1, 0.15) is 0 Å². The Labute approximate surface area is 306 Å². The first-order valence-electron chi connectivity index (χ1n) is 22.5. The molecule has 0 radical (unpaired) electrons. The molecule has 230 valence electrons. The number of fused-ring (bicyclic) bond motifs is 3. The quantitative estimate of drug-likeness (QED) is 0.182. The van der Waals surface area contributed by atoms with E-state index in [0.29, 0.717) is 5.56 Å². The Morgan fingerprint density at radius 2 is 0.816 bits per heavy atom. The van der Waals surface area contributed by atoms with Crippen molar-refractivity contribution in [3.05, 3.63) is 210 Å². The van der Waals surface area contributed by atoms with E-state index in [1.807, 2.05) is 60.7 Å². The summed E-state index contributed by atoms with van der Waals surface area (Å²) in [6, 6.07) is 23.9. The molecular formula is C46H31N3. The smallest absolute Gasteiger partial charge is 0.164 e. The van der Waals surface area contributed by atoms with Crippen LogP contribution < -0.4 is 0 Å². The fourth-order valence-electron chi connectivity index (χ4n) is 6.60. The van der Waals surface area contributed by atoms with Crippen LogP contribution in [0.4, 0.5) is 0 Å². The zero-order chi connectivity index (χ0) is 44.8. The van der Waals surface area contributed by atoms with E-state index >= 15 is 0 Å². The molecule has 1 aliphatic carbocycles. The topological polar surface area (TPSA) is 38.7 Å². The summed E-state index contributed by atoms with van der Waals surface area (Å²) < 4.78 is 121. The van der Waals surface area contributed by atoms with Crippen molar-refractivity contribution in [3.63, 3.8) is 0 Å². The van der Waals surface area contributed by atoms with Gasteiger partial charge in [-0.1, -0.05) is 182 Å². The van der Waals surface area contributed by atoms with Crippen molar-refractivity contribution in [2.24, 2.45) is 0 Å². The number of hydrogen-bond acceptors (Lipinski definition) is 3. The molecule has 9 rings (SSSR count). The normalized spacial score (nSPS) is 16.7. The van der Waals surface area contributed by atoms with E-state index in [2.05, 4.69) is 41.4 Å². The second-order valence-corrected chi connectivity index (χ2v) is 11.3. The van der Waals surface area contributed by atoms with E-state index in [0.717, 1.165) is 33.4 Å².